The number of carboxylic acids is 1. The molecule has 0 fully saturated rings. The molecule has 1 rings (SSSR count). The number of aromatic carboxylic acids is 1. The fourth-order valence-corrected chi connectivity index (χ4v) is 1.96. The normalized spacial score (nSPS) is 9.76. The molecule has 0 radical (unpaired) electrons. The minimum absolute atomic E-state index is 0. The first-order valence-electron chi connectivity index (χ1n) is 7.14. The van der Waals surface area contributed by atoms with Crippen molar-refractivity contribution in [1.29, 1.82) is 0 Å². The Morgan fingerprint density at radius 2 is 1.57 bits per heavy atom. The number of carboxylic acid groups (broad SMARTS) is 1. The molecule has 0 bridgehead atoms. The average molecular weight is 316 g/mol. The standard InChI is InChI=1S/C16H22O4.K/c1-2-3-4-5-6-9-12-20-16(19)14-11-8-7-10-13(14)15(17)18;/h7-8,10-11H,2-6,9,12H2,1H3,(H,17,18);/q;+1/p-1. The van der Waals surface area contributed by atoms with Gasteiger partial charge in [0.2, 0.25) is 0 Å². The van der Waals surface area contributed by atoms with Crippen molar-refractivity contribution in [2.24, 2.45) is 0 Å². The summed E-state index contributed by atoms with van der Waals surface area (Å²) in [4.78, 5) is 22.7. The van der Waals surface area contributed by atoms with Gasteiger partial charge in [0.25, 0.3) is 0 Å². The maximum Gasteiger partial charge on any atom is 1.00 e. The molecule has 1 aromatic rings. The van der Waals surface area contributed by atoms with Crippen molar-refractivity contribution in [1.82, 2.24) is 0 Å². The van der Waals surface area contributed by atoms with E-state index in [2.05, 4.69) is 6.92 Å². The second kappa shape index (κ2) is 12.4. The van der Waals surface area contributed by atoms with Gasteiger partial charge >= 0.3 is 57.4 Å². The molecule has 0 aliphatic rings. The summed E-state index contributed by atoms with van der Waals surface area (Å²) in [5, 5.41) is 10.9. The average Bonchev–Trinajstić information content (AvgIpc) is 2.46. The van der Waals surface area contributed by atoms with E-state index in [1.807, 2.05) is 0 Å². The minimum atomic E-state index is -1.36. The fourth-order valence-electron chi connectivity index (χ4n) is 1.96. The second-order valence-corrected chi connectivity index (χ2v) is 4.74. The van der Waals surface area contributed by atoms with Crippen LogP contribution in [0.25, 0.3) is 0 Å². The van der Waals surface area contributed by atoms with Gasteiger partial charge in [-0.15, -0.1) is 0 Å². The third-order valence-corrected chi connectivity index (χ3v) is 3.10. The Balaban J connectivity index is 0.00000400. The Morgan fingerprint density at radius 1 is 1.00 bits per heavy atom. The predicted molar refractivity (Wildman–Crippen MR) is 74.4 cm³/mol. The number of hydrogen-bond donors (Lipinski definition) is 0. The van der Waals surface area contributed by atoms with E-state index in [0.29, 0.717) is 6.61 Å². The zero-order valence-corrected chi connectivity index (χ0v) is 16.0. The Labute approximate surface area is 168 Å². The van der Waals surface area contributed by atoms with Gasteiger partial charge < -0.3 is 14.6 Å². The molecule has 1 aromatic carbocycles. The molecule has 0 atom stereocenters. The van der Waals surface area contributed by atoms with Gasteiger partial charge in [-0.3, -0.25) is 0 Å². The van der Waals surface area contributed by atoms with E-state index in [4.69, 9.17) is 4.74 Å². The van der Waals surface area contributed by atoms with Crippen LogP contribution in [0, 0.1) is 0 Å². The molecular weight excluding hydrogens is 295 g/mol. The van der Waals surface area contributed by atoms with Gasteiger partial charge in [0.05, 0.1) is 18.1 Å². The number of carbonyl (C=O) groups is 2. The molecule has 0 unspecified atom stereocenters. The molecule has 4 nitrogen and oxygen atoms in total. The topological polar surface area (TPSA) is 66.4 Å². The van der Waals surface area contributed by atoms with Crippen LogP contribution < -0.4 is 56.5 Å². The van der Waals surface area contributed by atoms with Crippen LogP contribution in [0.1, 0.15) is 66.2 Å². The molecule has 0 aliphatic heterocycles. The molecule has 21 heavy (non-hydrogen) atoms. The third-order valence-electron chi connectivity index (χ3n) is 3.10. The number of ether oxygens (including phenoxy) is 1. The summed E-state index contributed by atoms with van der Waals surface area (Å²) in [5.74, 6) is -1.96. The van der Waals surface area contributed by atoms with Crippen LogP contribution in [-0.4, -0.2) is 18.5 Å². The predicted octanol–water partition coefficient (Wildman–Crippen LogP) is -0.429. The Kier molecular flexibility index (Phi) is 12.2. The molecular formula is C16H21KO4. The molecule has 0 heterocycles. The summed E-state index contributed by atoms with van der Waals surface area (Å²) in [7, 11) is 0. The van der Waals surface area contributed by atoms with Crippen LogP contribution in [0.15, 0.2) is 24.3 Å². The van der Waals surface area contributed by atoms with E-state index in [-0.39, 0.29) is 62.5 Å². The van der Waals surface area contributed by atoms with E-state index >= 15 is 0 Å². The van der Waals surface area contributed by atoms with Gasteiger partial charge in [-0.2, -0.15) is 0 Å². The smallest absolute Gasteiger partial charge is 0.545 e. The van der Waals surface area contributed by atoms with Crippen LogP contribution in [0.3, 0.4) is 0 Å². The maximum atomic E-state index is 11.8. The molecule has 0 N–H and O–H groups in total. The van der Waals surface area contributed by atoms with Crippen LogP contribution >= 0.6 is 0 Å². The quantitative estimate of drug-likeness (QED) is 0.352. The molecule has 0 saturated carbocycles. The summed E-state index contributed by atoms with van der Waals surface area (Å²) in [6.45, 7) is 2.49. The van der Waals surface area contributed by atoms with Crippen LogP contribution in [0.2, 0.25) is 0 Å². The largest absolute Gasteiger partial charge is 1.00 e. The summed E-state index contributed by atoms with van der Waals surface area (Å²) >= 11 is 0. The number of benzene rings is 1. The number of esters is 1. The zero-order chi connectivity index (χ0) is 14.8. The zero-order valence-electron chi connectivity index (χ0n) is 12.9. The number of carbonyl (C=O) groups excluding carboxylic acids is 2. The molecule has 0 saturated heterocycles. The number of rotatable bonds is 9. The van der Waals surface area contributed by atoms with Gasteiger partial charge in [0.1, 0.15) is 0 Å². The van der Waals surface area contributed by atoms with Crippen LogP contribution in [0.5, 0.6) is 0 Å². The summed E-state index contributed by atoms with van der Waals surface area (Å²) in [6.07, 6.45) is 6.62. The van der Waals surface area contributed by atoms with Gasteiger partial charge in [-0.1, -0.05) is 57.2 Å². The van der Waals surface area contributed by atoms with E-state index in [1.54, 1.807) is 12.1 Å². The van der Waals surface area contributed by atoms with Crippen molar-refractivity contribution in [2.45, 2.75) is 45.4 Å². The SMILES string of the molecule is CCCCCCCCOC(=O)c1ccccc1C(=O)[O-].[K+]. The number of hydrogen-bond acceptors (Lipinski definition) is 4. The van der Waals surface area contributed by atoms with Crippen molar-refractivity contribution in [3.05, 3.63) is 35.4 Å². The molecule has 5 heteroatoms. The van der Waals surface area contributed by atoms with Crippen molar-refractivity contribution in [3.8, 4) is 0 Å². The Hall–Kier alpha value is -0.204. The first-order chi connectivity index (χ1) is 9.66. The van der Waals surface area contributed by atoms with E-state index < -0.39 is 11.9 Å². The van der Waals surface area contributed by atoms with Gasteiger partial charge in [-0.25, -0.2) is 4.79 Å². The molecule has 110 valence electrons. The Morgan fingerprint density at radius 3 is 2.19 bits per heavy atom. The van der Waals surface area contributed by atoms with Crippen LogP contribution in [0.4, 0.5) is 0 Å². The van der Waals surface area contributed by atoms with E-state index in [1.165, 1.54) is 31.4 Å². The molecule has 0 aromatic heterocycles. The summed E-state index contributed by atoms with van der Waals surface area (Å²) in [6, 6.07) is 5.94. The van der Waals surface area contributed by atoms with Gasteiger partial charge in [0.15, 0.2) is 0 Å². The molecule has 0 amide bonds. The summed E-state index contributed by atoms with van der Waals surface area (Å²) < 4.78 is 5.10. The maximum absolute atomic E-state index is 11.8. The third kappa shape index (κ3) is 8.11. The van der Waals surface area contributed by atoms with Crippen LogP contribution in [-0.2, 0) is 4.74 Å². The monoisotopic (exact) mass is 316 g/mol. The van der Waals surface area contributed by atoms with Crippen molar-refractivity contribution < 1.29 is 70.8 Å². The van der Waals surface area contributed by atoms with Crippen molar-refractivity contribution in [3.63, 3.8) is 0 Å². The van der Waals surface area contributed by atoms with Gasteiger partial charge in [0, 0.05) is 5.56 Å². The van der Waals surface area contributed by atoms with Crippen molar-refractivity contribution >= 4 is 11.9 Å². The van der Waals surface area contributed by atoms with Gasteiger partial charge in [-0.05, 0) is 12.5 Å². The fraction of sp³-hybridized carbons (Fsp3) is 0.500. The first-order valence-corrected chi connectivity index (χ1v) is 7.14. The first kappa shape index (κ1) is 20.8. The Bertz CT molecular complexity index is 446. The molecule has 0 spiro atoms. The minimum Gasteiger partial charge on any atom is -0.545 e. The van der Waals surface area contributed by atoms with Crippen molar-refractivity contribution in [2.75, 3.05) is 6.61 Å². The molecule has 0 aliphatic carbocycles. The number of unbranched alkanes of at least 4 members (excludes halogenated alkanes) is 5. The second-order valence-electron chi connectivity index (χ2n) is 4.74. The van der Waals surface area contributed by atoms with E-state index in [0.717, 1.165) is 19.3 Å². The summed E-state index contributed by atoms with van der Waals surface area (Å²) in [5.41, 5.74) is -0.0704. The van der Waals surface area contributed by atoms with E-state index in [9.17, 15) is 14.7 Å².